The molecule has 1 amide bonds. The summed E-state index contributed by atoms with van der Waals surface area (Å²) in [7, 11) is 0. The van der Waals surface area contributed by atoms with Crippen LogP contribution in [0.2, 0.25) is 0 Å². The third-order valence-electron chi connectivity index (χ3n) is 3.24. The van der Waals surface area contributed by atoms with E-state index in [9.17, 15) is 4.79 Å². The molecular weight excluding hydrogens is 226 g/mol. The van der Waals surface area contributed by atoms with E-state index in [1.54, 1.807) is 0 Å². The second-order valence-electron chi connectivity index (χ2n) is 4.53. The Bertz CT molecular complexity index is 533. The lowest BCUT2D eigenvalue weighted by atomic mass is 10.1. The van der Waals surface area contributed by atoms with Crippen molar-refractivity contribution >= 4 is 16.9 Å². The average molecular weight is 245 g/mol. The van der Waals surface area contributed by atoms with Crippen molar-refractivity contribution in [1.29, 1.82) is 0 Å². The molecule has 1 atom stereocenters. The summed E-state index contributed by atoms with van der Waals surface area (Å²) in [4.78, 5) is 15.9. The fourth-order valence-corrected chi connectivity index (χ4v) is 1.85. The molecule has 0 aliphatic carbocycles. The molecule has 0 aliphatic rings. The van der Waals surface area contributed by atoms with Gasteiger partial charge in [0.15, 0.2) is 0 Å². The fraction of sp³-hybridized carbons (Fsp3) is 0.429. The Labute approximate surface area is 107 Å². The predicted molar refractivity (Wildman–Crippen MR) is 72.2 cm³/mol. The number of para-hydroxylation sites is 2. The molecule has 0 saturated heterocycles. The molecule has 0 spiro atoms. The molecule has 4 heteroatoms. The average Bonchev–Trinajstić information content (AvgIpc) is 2.81. The number of carbonyl (C=O) groups excluding carboxylic acids is 1. The maximum Gasteiger partial charge on any atom is 0.222 e. The SMILES string of the molecule is CC[C@H](C)C(=O)NCCn1cnc2ccccc21. The quantitative estimate of drug-likeness (QED) is 0.877. The summed E-state index contributed by atoms with van der Waals surface area (Å²) in [5, 5.41) is 2.95. The van der Waals surface area contributed by atoms with Crippen molar-refractivity contribution in [2.24, 2.45) is 5.92 Å². The summed E-state index contributed by atoms with van der Waals surface area (Å²) in [6.45, 7) is 5.36. The van der Waals surface area contributed by atoms with Crippen molar-refractivity contribution in [1.82, 2.24) is 14.9 Å². The first-order chi connectivity index (χ1) is 8.72. The summed E-state index contributed by atoms with van der Waals surface area (Å²) >= 11 is 0. The first-order valence-corrected chi connectivity index (χ1v) is 6.40. The minimum absolute atomic E-state index is 0.0875. The van der Waals surface area contributed by atoms with Gasteiger partial charge in [-0.3, -0.25) is 4.79 Å². The number of nitrogens with zero attached hydrogens (tertiary/aromatic N) is 2. The van der Waals surface area contributed by atoms with Crippen LogP contribution in [0.3, 0.4) is 0 Å². The molecule has 0 unspecified atom stereocenters. The van der Waals surface area contributed by atoms with Gasteiger partial charge in [-0.25, -0.2) is 4.98 Å². The Hall–Kier alpha value is -1.84. The number of benzene rings is 1. The Morgan fingerprint density at radius 3 is 3.00 bits per heavy atom. The van der Waals surface area contributed by atoms with Gasteiger partial charge >= 0.3 is 0 Å². The lowest BCUT2D eigenvalue weighted by Crippen LogP contribution is -2.31. The largest absolute Gasteiger partial charge is 0.354 e. The van der Waals surface area contributed by atoms with Crippen molar-refractivity contribution in [2.45, 2.75) is 26.8 Å². The lowest BCUT2D eigenvalue weighted by molar-refractivity contribution is -0.124. The molecule has 1 heterocycles. The van der Waals surface area contributed by atoms with Crippen LogP contribution < -0.4 is 5.32 Å². The Morgan fingerprint density at radius 2 is 2.22 bits per heavy atom. The van der Waals surface area contributed by atoms with Gasteiger partial charge in [0.1, 0.15) is 0 Å². The predicted octanol–water partition coefficient (Wildman–Crippen LogP) is 2.20. The van der Waals surface area contributed by atoms with Crippen LogP contribution in [0.1, 0.15) is 20.3 Å². The number of nitrogens with one attached hydrogen (secondary N) is 1. The second kappa shape index (κ2) is 5.67. The Balaban J connectivity index is 1.93. The van der Waals surface area contributed by atoms with Gasteiger partial charge in [0.25, 0.3) is 0 Å². The molecule has 0 saturated carbocycles. The first-order valence-electron chi connectivity index (χ1n) is 6.40. The number of rotatable bonds is 5. The van der Waals surface area contributed by atoms with Crippen molar-refractivity contribution in [3.8, 4) is 0 Å². The number of aromatic nitrogens is 2. The monoisotopic (exact) mass is 245 g/mol. The van der Waals surface area contributed by atoms with E-state index in [2.05, 4.69) is 14.9 Å². The van der Waals surface area contributed by atoms with E-state index in [1.807, 2.05) is 44.4 Å². The van der Waals surface area contributed by atoms with Gasteiger partial charge in [0, 0.05) is 19.0 Å². The zero-order valence-electron chi connectivity index (χ0n) is 10.9. The molecule has 2 rings (SSSR count). The number of hydrogen-bond donors (Lipinski definition) is 1. The molecule has 4 nitrogen and oxygen atoms in total. The molecule has 96 valence electrons. The molecule has 1 N–H and O–H groups in total. The van der Waals surface area contributed by atoms with E-state index < -0.39 is 0 Å². The molecule has 1 aromatic carbocycles. The molecule has 2 aromatic rings. The van der Waals surface area contributed by atoms with E-state index in [1.165, 1.54) is 0 Å². The third kappa shape index (κ3) is 2.70. The van der Waals surface area contributed by atoms with Gasteiger partial charge in [-0.1, -0.05) is 26.0 Å². The summed E-state index contributed by atoms with van der Waals surface area (Å²) in [6, 6.07) is 8.00. The van der Waals surface area contributed by atoms with Crippen molar-refractivity contribution in [3.05, 3.63) is 30.6 Å². The summed E-state index contributed by atoms with van der Waals surface area (Å²) < 4.78 is 2.06. The molecule has 18 heavy (non-hydrogen) atoms. The van der Waals surface area contributed by atoms with Gasteiger partial charge in [0.05, 0.1) is 17.4 Å². The highest BCUT2D eigenvalue weighted by molar-refractivity contribution is 5.78. The molecule has 0 radical (unpaired) electrons. The topological polar surface area (TPSA) is 46.9 Å². The van der Waals surface area contributed by atoms with Crippen LogP contribution in [-0.2, 0) is 11.3 Å². The van der Waals surface area contributed by atoms with E-state index in [4.69, 9.17) is 0 Å². The zero-order chi connectivity index (χ0) is 13.0. The summed E-state index contributed by atoms with van der Waals surface area (Å²) in [6.07, 6.45) is 2.69. The number of imidazole rings is 1. The third-order valence-corrected chi connectivity index (χ3v) is 3.24. The van der Waals surface area contributed by atoms with E-state index in [-0.39, 0.29) is 11.8 Å². The van der Waals surface area contributed by atoms with Gasteiger partial charge in [0.2, 0.25) is 5.91 Å². The van der Waals surface area contributed by atoms with Crippen LogP contribution in [0, 0.1) is 5.92 Å². The first kappa shape index (κ1) is 12.6. The van der Waals surface area contributed by atoms with Crippen LogP contribution in [0.15, 0.2) is 30.6 Å². The number of hydrogen-bond acceptors (Lipinski definition) is 2. The Kier molecular flexibility index (Phi) is 3.97. The maximum absolute atomic E-state index is 11.6. The number of carbonyl (C=O) groups is 1. The molecule has 0 bridgehead atoms. The standard InChI is InChI=1S/C14H19N3O/c1-3-11(2)14(18)15-8-9-17-10-16-12-6-4-5-7-13(12)17/h4-7,10-11H,3,8-9H2,1-2H3,(H,15,18)/t11-/m0/s1. The van der Waals surface area contributed by atoms with Gasteiger partial charge in [-0.2, -0.15) is 0 Å². The minimum atomic E-state index is 0.0875. The minimum Gasteiger partial charge on any atom is -0.354 e. The van der Waals surface area contributed by atoms with Crippen molar-refractivity contribution < 1.29 is 4.79 Å². The maximum atomic E-state index is 11.6. The molecular formula is C14H19N3O. The van der Waals surface area contributed by atoms with Crippen LogP contribution in [0.25, 0.3) is 11.0 Å². The highest BCUT2D eigenvalue weighted by Crippen LogP contribution is 2.11. The van der Waals surface area contributed by atoms with E-state index in [0.717, 1.165) is 24.0 Å². The Morgan fingerprint density at radius 1 is 1.44 bits per heavy atom. The normalized spacial score (nSPS) is 12.6. The van der Waals surface area contributed by atoms with E-state index in [0.29, 0.717) is 6.54 Å². The smallest absolute Gasteiger partial charge is 0.222 e. The van der Waals surface area contributed by atoms with Gasteiger partial charge in [-0.15, -0.1) is 0 Å². The van der Waals surface area contributed by atoms with Crippen molar-refractivity contribution in [2.75, 3.05) is 6.54 Å². The van der Waals surface area contributed by atoms with Gasteiger partial charge in [-0.05, 0) is 18.6 Å². The highest BCUT2D eigenvalue weighted by Gasteiger charge is 2.09. The summed E-state index contributed by atoms with van der Waals surface area (Å²) in [5.74, 6) is 0.214. The van der Waals surface area contributed by atoms with Crippen LogP contribution in [-0.4, -0.2) is 22.0 Å². The zero-order valence-corrected chi connectivity index (χ0v) is 10.9. The molecule has 0 aliphatic heterocycles. The lowest BCUT2D eigenvalue weighted by Gasteiger charge is -2.10. The number of fused-ring (bicyclic) bond motifs is 1. The highest BCUT2D eigenvalue weighted by atomic mass is 16.1. The van der Waals surface area contributed by atoms with Crippen molar-refractivity contribution in [3.63, 3.8) is 0 Å². The second-order valence-corrected chi connectivity index (χ2v) is 4.53. The van der Waals surface area contributed by atoms with Crippen LogP contribution in [0.4, 0.5) is 0 Å². The van der Waals surface area contributed by atoms with E-state index >= 15 is 0 Å². The number of amides is 1. The van der Waals surface area contributed by atoms with Crippen LogP contribution >= 0.6 is 0 Å². The molecule has 1 aromatic heterocycles. The molecule has 0 fully saturated rings. The van der Waals surface area contributed by atoms with Crippen LogP contribution in [0.5, 0.6) is 0 Å². The van der Waals surface area contributed by atoms with Gasteiger partial charge < -0.3 is 9.88 Å². The fourth-order valence-electron chi connectivity index (χ4n) is 1.85. The summed E-state index contributed by atoms with van der Waals surface area (Å²) in [5.41, 5.74) is 2.10.